The largest absolute Gasteiger partial charge is 0.452 e. The van der Waals surface area contributed by atoms with Crippen molar-refractivity contribution in [3.8, 4) is 0 Å². The van der Waals surface area contributed by atoms with Crippen molar-refractivity contribution in [2.45, 2.75) is 44.1 Å². The van der Waals surface area contributed by atoms with E-state index in [1.165, 1.54) is 31.4 Å². The Labute approximate surface area is 163 Å². The molecule has 4 aliphatic rings. The van der Waals surface area contributed by atoms with Gasteiger partial charge in [0.2, 0.25) is 0 Å². The topological polar surface area (TPSA) is 111 Å². The molecule has 0 heterocycles. The number of nitrogens with zero attached hydrogens (tertiary/aromatic N) is 1. The molecule has 0 radical (unpaired) electrons. The fourth-order valence-corrected chi connectivity index (χ4v) is 5.83. The maximum Gasteiger partial charge on any atom is 0.338 e. The van der Waals surface area contributed by atoms with Gasteiger partial charge in [-0.1, -0.05) is 0 Å². The Hall–Kier alpha value is -2.64. The molecule has 4 aliphatic carbocycles. The number of hydrogen-bond donors (Lipinski definition) is 2. The average molecular weight is 387 g/mol. The highest BCUT2D eigenvalue weighted by Gasteiger charge is 2.51. The normalized spacial score (nSPS) is 30.0. The van der Waals surface area contributed by atoms with Crippen LogP contribution in [-0.2, 0) is 9.53 Å². The number of esters is 1. The second kappa shape index (κ2) is 7.07. The predicted octanol–water partition coefficient (Wildman–Crippen LogP) is 2.88. The molecule has 8 nitrogen and oxygen atoms in total. The number of hydrogen-bond acceptors (Lipinski definition) is 6. The van der Waals surface area contributed by atoms with E-state index in [1.54, 1.807) is 7.05 Å². The molecule has 1 aromatic carbocycles. The van der Waals surface area contributed by atoms with Crippen LogP contribution >= 0.6 is 0 Å². The zero-order valence-electron chi connectivity index (χ0n) is 15.9. The summed E-state index contributed by atoms with van der Waals surface area (Å²) in [6.45, 7) is -0.373. The number of carbonyl (C=O) groups is 2. The minimum Gasteiger partial charge on any atom is -0.452 e. The number of rotatable bonds is 6. The summed E-state index contributed by atoms with van der Waals surface area (Å²) >= 11 is 0. The Morgan fingerprint density at radius 3 is 2.32 bits per heavy atom. The van der Waals surface area contributed by atoms with Crippen LogP contribution in [0.3, 0.4) is 0 Å². The molecule has 1 aromatic rings. The maximum absolute atomic E-state index is 12.4. The van der Waals surface area contributed by atoms with Crippen LogP contribution in [0.25, 0.3) is 0 Å². The summed E-state index contributed by atoms with van der Waals surface area (Å²) in [4.78, 5) is 35.2. The lowest BCUT2D eigenvalue weighted by Crippen LogP contribution is -2.60. The van der Waals surface area contributed by atoms with Crippen molar-refractivity contribution in [1.29, 1.82) is 0 Å². The summed E-state index contributed by atoms with van der Waals surface area (Å²) in [5.41, 5.74) is 0.00949. The highest BCUT2D eigenvalue weighted by molar-refractivity contribution is 5.93. The van der Waals surface area contributed by atoms with Crippen LogP contribution in [0, 0.1) is 27.9 Å². The SMILES string of the molecule is CNc1ccc(C(=O)OCC(=O)NC23CC4CC(CC(C4)C2)C3)cc1[N+](=O)[O-]. The predicted molar refractivity (Wildman–Crippen MR) is 102 cm³/mol. The fraction of sp³-hybridized carbons (Fsp3) is 0.600. The molecule has 0 aromatic heterocycles. The van der Waals surface area contributed by atoms with Gasteiger partial charge in [0.1, 0.15) is 5.69 Å². The van der Waals surface area contributed by atoms with Gasteiger partial charge >= 0.3 is 5.97 Å². The third-order valence-electron chi connectivity index (χ3n) is 6.48. The average Bonchev–Trinajstić information content (AvgIpc) is 2.64. The van der Waals surface area contributed by atoms with Crippen molar-refractivity contribution < 1.29 is 19.2 Å². The number of nitro benzene ring substituents is 1. The highest BCUT2D eigenvalue weighted by atomic mass is 16.6. The van der Waals surface area contributed by atoms with Gasteiger partial charge in [-0.05, 0) is 68.4 Å². The molecule has 1 amide bonds. The van der Waals surface area contributed by atoms with Crippen LogP contribution in [-0.4, -0.2) is 36.0 Å². The van der Waals surface area contributed by atoms with Crippen LogP contribution in [0.1, 0.15) is 48.9 Å². The summed E-state index contributed by atoms with van der Waals surface area (Å²) < 4.78 is 5.12. The Morgan fingerprint density at radius 1 is 1.18 bits per heavy atom. The molecule has 150 valence electrons. The van der Waals surface area contributed by atoms with E-state index < -0.39 is 10.9 Å². The molecule has 4 bridgehead atoms. The summed E-state index contributed by atoms with van der Waals surface area (Å²) in [7, 11) is 1.56. The van der Waals surface area contributed by atoms with Crippen molar-refractivity contribution >= 4 is 23.3 Å². The first-order valence-electron chi connectivity index (χ1n) is 9.82. The van der Waals surface area contributed by atoms with E-state index in [4.69, 9.17) is 4.74 Å². The Morgan fingerprint density at radius 2 is 1.79 bits per heavy atom. The molecule has 8 heteroatoms. The smallest absolute Gasteiger partial charge is 0.338 e. The third-order valence-corrected chi connectivity index (χ3v) is 6.48. The molecule has 4 fully saturated rings. The molecule has 0 spiro atoms. The monoisotopic (exact) mass is 387 g/mol. The summed E-state index contributed by atoms with van der Waals surface area (Å²) in [6, 6.07) is 4.05. The molecule has 0 aliphatic heterocycles. The van der Waals surface area contributed by atoms with Crippen LogP contribution in [0.5, 0.6) is 0 Å². The summed E-state index contributed by atoms with van der Waals surface area (Å²) in [5, 5.41) is 17.0. The van der Waals surface area contributed by atoms with Crippen molar-refractivity contribution in [3.63, 3.8) is 0 Å². The van der Waals surface area contributed by atoms with Crippen LogP contribution in [0.4, 0.5) is 11.4 Å². The molecular weight excluding hydrogens is 362 g/mol. The van der Waals surface area contributed by atoms with Gasteiger partial charge in [0.15, 0.2) is 6.61 Å². The second-order valence-electron chi connectivity index (χ2n) is 8.56. The van der Waals surface area contributed by atoms with Crippen molar-refractivity contribution in [2.75, 3.05) is 19.0 Å². The van der Waals surface area contributed by atoms with Gasteiger partial charge < -0.3 is 15.4 Å². The molecule has 28 heavy (non-hydrogen) atoms. The fourth-order valence-electron chi connectivity index (χ4n) is 5.83. The van der Waals surface area contributed by atoms with E-state index >= 15 is 0 Å². The van der Waals surface area contributed by atoms with Gasteiger partial charge in [0.25, 0.3) is 11.6 Å². The lowest BCUT2D eigenvalue weighted by molar-refractivity contribution is -0.384. The number of carbonyl (C=O) groups excluding carboxylic acids is 2. The summed E-state index contributed by atoms with van der Waals surface area (Å²) in [5.74, 6) is 1.09. The zero-order chi connectivity index (χ0) is 19.9. The Balaban J connectivity index is 1.36. The van der Waals surface area contributed by atoms with E-state index in [0.29, 0.717) is 23.4 Å². The summed E-state index contributed by atoms with van der Waals surface area (Å²) in [6.07, 6.45) is 6.92. The number of nitro groups is 1. The van der Waals surface area contributed by atoms with Crippen molar-refractivity contribution in [3.05, 3.63) is 33.9 Å². The highest BCUT2D eigenvalue weighted by Crippen LogP contribution is 2.55. The van der Waals surface area contributed by atoms with Crippen molar-refractivity contribution in [2.24, 2.45) is 17.8 Å². The van der Waals surface area contributed by atoms with Crippen LogP contribution in [0.2, 0.25) is 0 Å². The lowest BCUT2D eigenvalue weighted by atomic mass is 9.53. The molecule has 2 N–H and O–H groups in total. The number of amides is 1. The number of nitrogens with one attached hydrogen (secondary N) is 2. The number of ether oxygens (including phenoxy) is 1. The number of anilines is 1. The molecule has 4 saturated carbocycles. The first kappa shape index (κ1) is 18.7. The van der Waals surface area contributed by atoms with Gasteiger partial charge in [0, 0.05) is 18.7 Å². The van der Waals surface area contributed by atoms with Gasteiger partial charge in [-0.25, -0.2) is 4.79 Å². The van der Waals surface area contributed by atoms with E-state index in [2.05, 4.69) is 10.6 Å². The van der Waals surface area contributed by atoms with Gasteiger partial charge in [-0.15, -0.1) is 0 Å². The van der Waals surface area contributed by atoms with E-state index in [0.717, 1.165) is 25.3 Å². The van der Waals surface area contributed by atoms with E-state index in [-0.39, 0.29) is 29.3 Å². The maximum atomic E-state index is 12.4. The van der Waals surface area contributed by atoms with E-state index in [9.17, 15) is 19.7 Å². The Kier molecular flexibility index (Phi) is 4.72. The van der Waals surface area contributed by atoms with Gasteiger partial charge in [0.05, 0.1) is 10.5 Å². The molecular formula is C20H25N3O5. The zero-order valence-corrected chi connectivity index (χ0v) is 15.9. The van der Waals surface area contributed by atoms with E-state index in [1.807, 2.05) is 0 Å². The van der Waals surface area contributed by atoms with Gasteiger partial charge in [-0.2, -0.15) is 0 Å². The Bertz CT molecular complexity index is 787. The molecule has 5 rings (SSSR count). The number of benzene rings is 1. The van der Waals surface area contributed by atoms with Crippen LogP contribution < -0.4 is 10.6 Å². The second-order valence-corrected chi connectivity index (χ2v) is 8.56. The first-order valence-corrected chi connectivity index (χ1v) is 9.82. The van der Waals surface area contributed by atoms with Crippen LogP contribution in [0.15, 0.2) is 18.2 Å². The van der Waals surface area contributed by atoms with Gasteiger partial charge in [-0.3, -0.25) is 14.9 Å². The quantitative estimate of drug-likeness (QED) is 0.441. The van der Waals surface area contributed by atoms with Crippen molar-refractivity contribution in [1.82, 2.24) is 5.32 Å². The molecule has 0 saturated heterocycles. The third kappa shape index (κ3) is 3.55. The first-order chi connectivity index (χ1) is 13.4. The molecule has 0 unspecified atom stereocenters. The minimum atomic E-state index is -0.744. The standard InChI is InChI=1S/C20H25N3O5/c1-21-16-3-2-15(7-17(16)23(26)27)19(25)28-11-18(24)22-20-8-12-4-13(9-20)6-14(5-12)10-20/h2-3,7,12-14,21H,4-6,8-11H2,1H3,(H,22,24). The molecule has 0 atom stereocenters. The minimum absolute atomic E-state index is 0.0494. The lowest BCUT2D eigenvalue weighted by Gasteiger charge is -2.56.